The zero-order chi connectivity index (χ0) is 15.0. The van der Waals surface area contributed by atoms with Crippen molar-refractivity contribution in [3.63, 3.8) is 0 Å². The molecule has 7 heteroatoms. The minimum absolute atomic E-state index is 0.0655. The van der Waals surface area contributed by atoms with Gasteiger partial charge in [0.25, 0.3) is 0 Å². The smallest absolute Gasteiger partial charge is 0.327 e. The average molecular weight is 306 g/mol. The number of amides is 2. The number of para-hydroxylation sites is 1. The molecule has 3 rings (SSSR count). The van der Waals surface area contributed by atoms with Crippen molar-refractivity contribution in [2.45, 2.75) is 12.5 Å². The molecule has 0 spiro atoms. The predicted octanol–water partition coefficient (Wildman–Crippen LogP) is 0.562. The second-order valence-electron chi connectivity index (χ2n) is 5.02. The van der Waals surface area contributed by atoms with Crippen molar-refractivity contribution in [2.75, 3.05) is 23.1 Å². The normalized spacial score (nSPS) is 20.8. The topological polar surface area (TPSA) is 77.9 Å². The van der Waals surface area contributed by atoms with E-state index in [0.717, 1.165) is 5.56 Å². The summed E-state index contributed by atoms with van der Waals surface area (Å²) in [7, 11) is 0. The Morgan fingerprint density at radius 2 is 2.10 bits per heavy atom. The van der Waals surface area contributed by atoms with Crippen LogP contribution in [0.1, 0.15) is 5.56 Å². The van der Waals surface area contributed by atoms with Gasteiger partial charge in [0, 0.05) is 12.1 Å². The molecule has 0 saturated carbocycles. The van der Waals surface area contributed by atoms with E-state index in [9.17, 15) is 19.5 Å². The van der Waals surface area contributed by atoms with Gasteiger partial charge in [0.2, 0.25) is 11.8 Å². The highest BCUT2D eigenvalue weighted by atomic mass is 32.2. The molecule has 2 heterocycles. The van der Waals surface area contributed by atoms with Gasteiger partial charge in [-0.2, -0.15) is 0 Å². The molecule has 0 bridgehead atoms. The summed E-state index contributed by atoms with van der Waals surface area (Å²) in [6.45, 7) is -0.0655. The number of aliphatic carboxylic acids is 1. The van der Waals surface area contributed by atoms with Crippen molar-refractivity contribution in [3.05, 3.63) is 29.8 Å². The number of thioether (sulfide) groups is 1. The number of carboxylic acids is 1. The summed E-state index contributed by atoms with van der Waals surface area (Å²) < 4.78 is 0. The Kier molecular flexibility index (Phi) is 3.59. The van der Waals surface area contributed by atoms with Gasteiger partial charge < -0.3 is 10.0 Å². The van der Waals surface area contributed by atoms with Crippen LogP contribution < -0.4 is 4.90 Å². The van der Waals surface area contributed by atoms with Crippen LogP contribution in [0.5, 0.6) is 0 Å². The molecule has 1 saturated heterocycles. The number of benzene rings is 1. The lowest BCUT2D eigenvalue weighted by molar-refractivity contribution is -0.140. The van der Waals surface area contributed by atoms with E-state index in [2.05, 4.69) is 0 Å². The maximum absolute atomic E-state index is 12.5. The van der Waals surface area contributed by atoms with E-state index >= 15 is 0 Å². The third-order valence-electron chi connectivity index (χ3n) is 3.68. The molecular formula is C14H14N2O4S. The maximum atomic E-state index is 12.5. The summed E-state index contributed by atoms with van der Waals surface area (Å²) in [5.41, 5.74) is 1.48. The zero-order valence-electron chi connectivity index (χ0n) is 11.2. The molecule has 1 atom stereocenters. The summed E-state index contributed by atoms with van der Waals surface area (Å²) >= 11 is 1.46. The fourth-order valence-electron chi connectivity index (χ4n) is 2.67. The van der Waals surface area contributed by atoms with Gasteiger partial charge in [-0.25, -0.2) is 4.79 Å². The first-order valence-corrected chi connectivity index (χ1v) is 7.71. The second kappa shape index (κ2) is 5.40. The number of carbonyl (C=O) groups is 3. The average Bonchev–Trinajstić information content (AvgIpc) is 3.03. The maximum Gasteiger partial charge on any atom is 0.327 e. The number of anilines is 1. The minimum Gasteiger partial charge on any atom is -0.480 e. The quantitative estimate of drug-likeness (QED) is 0.883. The van der Waals surface area contributed by atoms with E-state index in [-0.39, 0.29) is 18.4 Å². The van der Waals surface area contributed by atoms with Crippen LogP contribution in [0.2, 0.25) is 0 Å². The van der Waals surface area contributed by atoms with Crippen molar-refractivity contribution in [1.82, 2.24) is 4.90 Å². The second-order valence-corrected chi connectivity index (χ2v) is 5.97. The van der Waals surface area contributed by atoms with Crippen molar-refractivity contribution in [2.24, 2.45) is 0 Å². The third-order valence-corrected chi connectivity index (χ3v) is 4.63. The summed E-state index contributed by atoms with van der Waals surface area (Å²) in [6, 6.07) is 6.29. The van der Waals surface area contributed by atoms with Crippen LogP contribution in [0.15, 0.2) is 24.3 Å². The number of rotatable bonds is 3. The third kappa shape index (κ3) is 2.49. The summed E-state index contributed by atoms with van der Waals surface area (Å²) in [5.74, 6) is -0.582. The highest BCUT2D eigenvalue weighted by Gasteiger charge is 2.39. The first kappa shape index (κ1) is 13.9. The van der Waals surface area contributed by atoms with Crippen molar-refractivity contribution in [3.8, 4) is 0 Å². The van der Waals surface area contributed by atoms with Crippen LogP contribution in [0.4, 0.5) is 5.69 Å². The molecule has 110 valence electrons. The Bertz CT molecular complexity index is 619. The first-order valence-electron chi connectivity index (χ1n) is 6.56. The number of carbonyl (C=O) groups excluding carboxylic acids is 2. The van der Waals surface area contributed by atoms with E-state index in [0.29, 0.717) is 23.7 Å². The fraction of sp³-hybridized carbons (Fsp3) is 0.357. The minimum atomic E-state index is -1.03. The molecule has 0 aromatic heterocycles. The van der Waals surface area contributed by atoms with Gasteiger partial charge in [-0.3, -0.25) is 14.5 Å². The Hall–Kier alpha value is -2.02. The molecule has 1 aromatic carbocycles. The lowest BCUT2D eigenvalue weighted by Gasteiger charge is -2.25. The SMILES string of the molecule is O=C(O)C1Cc2ccccc2N1C(=O)CN1CSCC1=O. The molecule has 0 radical (unpaired) electrons. The van der Waals surface area contributed by atoms with Gasteiger partial charge in [0.15, 0.2) is 0 Å². The number of hydrogen-bond acceptors (Lipinski definition) is 4. The Balaban J connectivity index is 1.85. The largest absolute Gasteiger partial charge is 0.480 e. The first-order chi connectivity index (χ1) is 10.1. The number of carboxylic acid groups (broad SMARTS) is 1. The molecule has 1 N–H and O–H groups in total. The Morgan fingerprint density at radius 1 is 1.33 bits per heavy atom. The van der Waals surface area contributed by atoms with Gasteiger partial charge in [-0.1, -0.05) is 18.2 Å². The van der Waals surface area contributed by atoms with Crippen LogP contribution in [-0.4, -0.2) is 52.0 Å². The van der Waals surface area contributed by atoms with Crippen molar-refractivity contribution >= 4 is 35.2 Å². The van der Waals surface area contributed by atoms with E-state index in [1.54, 1.807) is 12.1 Å². The number of fused-ring (bicyclic) bond motifs is 1. The van der Waals surface area contributed by atoms with Crippen LogP contribution >= 0.6 is 11.8 Å². The van der Waals surface area contributed by atoms with E-state index in [1.165, 1.54) is 21.6 Å². The molecule has 6 nitrogen and oxygen atoms in total. The lowest BCUT2D eigenvalue weighted by atomic mass is 10.1. The fourth-order valence-corrected chi connectivity index (χ4v) is 3.58. The summed E-state index contributed by atoms with van der Waals surface area (Å²) in [4.78, 5) is 38.3. The Labute approximate surface area is 125 Å². The number of nitrogens with zero attached hydrogens (tertiary/aromatic N) is 2. The van der Waals surface area contributed by atoms with Gasteiger partial charge in [-0.05, 0) is 11.6 Å². The molecule has 2 amide bonds. The highest BCUT2D eigenvalue weighted by molar-refractivity contribution is 8.00. The monoisotopic (exact) mass is 306 g/mol. The predicted molar refractivity (Wildman–Crippen MR) is 78.1 cm³/mol. The standard InChI is InChI=1S/C14H14N2O4S/c17-12(6-15-8-21-7-13(15)18)16-10-4-2-1-3-9(10)5-11(16)14(19)20/h1-4,11H,5-8H2,(H,19,20). The Morgan fingerprint density at radius 3 is 2.76 bits per heavy atom. The van der Waals surface area contributed by atoms with E-state index < -0.39 is 12.0 Å². The molecule has 2 aliphatic heterocycles. The molecule has 2 aliphatic rings. The summed E-state index contributed by atoms with van der Waals surface area (Å²) in [5, 5.41) is 9.34. The van der Waals surface area contributed by atoms with Crippen LogP contribution in [0.25, 0.3) is 0 Å². The molecule has 1 aromatic rings. The van der Waals surface area contributed by atoms with Crippen LogP contribution in [0, 0.1) is 0 Å². The van der Waals surface area contributed by atoms with Gasteiger partial charge in [0.05, 0.1) is 11.6 Å². The molecular weight excluding hydrogens is 292 g/mol. The van der Waals surface area contributed by atoms with Gasteiger partial charge >= 0.3 is 5.97 Å². The van der Waals surface area contributed by atoms with Crippen LogP contribution in [0.3, 0.4) is 0 Å². The molecule has 21 heavy (non-hydrogen) atoms. The molecule has 1 unspecified atom stereocenters. The molecule has 0 aliphatic carbocycles. The zero-order valence-corrected chi connectivity index (χ0v) is 12.0. The van der Waals surface area contributed by atoms with E-state index in [1.807, 2.05) is 12.1 Å². The van der Waals surface area contributed by atoms with Gasteiger partial charge in [-0.15, -0.1) is 11.8 Å². The lowest BCUT2D eigenvalue weighted by Crippen LogP contribution is -2.47. The number of hydrogen-bond donors (Lipinski definition) is 1. The molecule has 1 fully saturated rings. The van der Waals surface area contributed by atoms with E-state index in [4.69, 9.17) is 0 Å². The van der Waals surface area contributed by atoms with Crippen molar-refractivity contribution in [1.29, 1.82) is 0 Å². The van der Waals surface area contributed by atoms with Crippen LogP contribution in [-0.2, 0) is 20.8 Å². The summed E-state index contributed by atoms with van der Waals surface area (Å²) in [6.07, 6.45) is 0.305. The van der Waals surface area contributed by atoms with Gasteiger partial charge in [0.1, 0.15) is 12.6 Å². The highest BCUT2D eigenvalue weighted by Crippen LogP contribution is 2.32. The van der Waals surface area contributed by atoms with Crippen molar-refractivity contribution < 1.29 is 19.5 Å².